The van der Waals surface area contributed by atoms with Gasteiger partial charge in [0.15, 0.2) is 0 Å². The maximum absolute atomic E-state index is 12.5. The van der Waals surface area contributed by atoms with Crippen LogP contribution >= 0.6 is 11.6 Å². The van der Waals surface area contributed by atoms with Gasteiger partial charge in [0.25, 0.3) is 11.8 Å². The molecule has 1 aromatic carbocycles. The van der Waals surface area contributed by atoms with Gasteiger partial charge in [0.2, 0.25) is 0 Å². The summed E-state index contributed by atoms with van der Waals surface area (Å²) in [6.45, 7) is 0.854. The number of pyridine rings is 1. The van der Waals surface area contributed by atoms with Crippen molar-refractivity contribution in [3.63, 3.8) is 0 Å². The number of aliphatic carboxylic acids is 1. The Kier molecular flexibility index (Phi) is 5.71. The molecule has 1 aliphatic rings. The van der Waals surface area contributed by atoms with E-state index in [9.17, 15) is 14.4 Å². The normalized spacial score (nSPS) is 14.6. The minimum atomic E-state index is -0.808. The first-order valence-corrected chi connectivity index (χ1v) is 8.87. The second kappa shape index (κ2) is 8.18. The van der Waals surface area contributed by atoms with E-state index in [0.717, 1.165) is 0 Å². The highest BCUT2D eigenvalue weighted by Gasteiger charge is 2.27. The molecule has 2 aromatic rings. The van der Waals surface area contributed by atoms with Crippen LogP contribution in [0.15, 0.2) is 42.6 Å². The van der Waals surface area contributed by atoms with Gasteiger partial charge in [0.1, 0.15) is 5.69 Å². The predicted molar refractivity (Wildman–Crippen MR) is 99.9 cm³/mol. The van der Waals surface area contributed by atoms with Crippen LogP contribution in [0.2, 0.25) is 5.02 Å². The van der Waals surface area contributed by atoms with Crippen molar-refractivity contribution in [1.29, 1.82) is 0 Å². The molecule has 0 unspecified atom stereocenters. The zero-order valence-electron chi connectivity index (χ0n) is 14.4. The minimum Gasteiger partial charge on any atom is -0.481 e. The van der Waals surface area contributed by atoms with Crippen molar-refractivity contribution in [3.8, 4) is 0 Å². The van der Waals surface area contributed by atoms with Gasteiger partial charge in [-0.15, -0.1) is 0 Å². The van der Waals surface area contributed by atoms with Gasteiger partial charge >= 0.3 is 5.97 Å². The van der Waals surface area contributed by atoms with E-state index >= 15 is 0 Å². The number of hydrogen-bond acceptors (Lipinski definition) is 4. The molecule has 0 radical (unpaired) electrons. The van der Waals surface area contributed by atoms with Crippen molar-refractivity contribution in [3.05, 3.63) is 58.9 Å². The van der Waals surface area contributed by atoms with Gasteiger partial charge in [0, 0.05) is 30.5 Å². The highest BCUT2D eigenvalue weighted by molar-refractivity contribution is 6.30. The SMILES string of the molecule is O=C(Nc1ccc(C(=O)N2CCC(C(=O)O)CC2)cc1)c1ccc(Cl)cn1. The van der Waals surface area contributed by atoms with Crippen molar-refractivity contribution in [2.45, 2.75) is 12.8 Å². The molecule has 2 amide bonds. The molecule has 2 heterocycles. The molecule has 0 aliphatic carbocycles. The molecule has 1 fully saturated rings. The number of carbonyl (C=O) groups is 3. The number of carboxylic acids is 1. The predicted octanol–water partition coefficient (Wildman–Crippen LogP) is 2.92. The Labute approximate surface area is 161 Å². The van der Waals surface area contributed by atoms with Gasteiger partial charge in [0.05, 0.1) is 10.9 Å². The van der Waals surface area contributed by atoms with Gasteiger partial charge in [-0.1, -0.05) is 11.6 Å². The smallest absolute Gasteiger partial charge is 0.306 e. The van der Waals surface area contributed by atoms with Crippen LogP contribution in [-0.2, 0) is 4.79 Å². The van der Waals surface area contributed by atoms with Crippen LogP contribution in [-0.4, -0.2) is 45.9 Å². The average Bonchev–Trinajstić information content (AvgIpc) is 2.68. The molecule has 27 heavy (non-hydrogen) atoms. The number of anilines is 1. The van der Waals surface area contributed by atoms with E-state index in [1.165, 1.54) is 12.3 Å². The highest BCUT2D eigenvalue weighted by Crippen LogP contribution is 2.20. The van der Waals surface area contributed by atoms with Gasteiger partial charge < -0.3 is 15.3 Å². The second-order valence-electron chi connectivity index (χ2n) is 6.30. The molecule has 1 aliphatic heterocycles. The topological polar surface area (TPSA) is 99.6 Å². The van der Waals surface area contributed by atoms with Gasteiger partial charge in [-0.3, -0.25) is 14.4 Å². The van der Waals surface area contributed by atoms with E-state index < -0.39 is 5.97 Å². The summed E-state index contributed by atoms with van der Waals surface area (Å²) >= 11 is 5.75. The number of benzene rings is 1. The number of hydrogen-bond donors (Lipinski definition) is 2. The number of carbonyl (C=O) groups excluding carboxylic acids is 2. The van der Waals surface area contributed by atoms with Crippen LogP contribution in [0.3, 0.4) is 0 Å². The lowest BCUT2D eigenvalue weighted by Gasteiger charge is -2.30. The molecule has 2 N–H and O–H groups in total. The first-order chi connectivity index (χ1) is 12.9. The fraction of sp³-hybridized carbons (Fsp3) is 0.263. The lowest BCUT2D eigenvalue weighted by molar-refractivity contribution is -0.143. The highest BCUT2D eigenvalue weighted by atomic mass is 35.5. The summed E-state index contributed by atoms with van der Waals surface area (Å²) < 4.78 is 0. The lowest BCUT2D eigenvalue weighted by Crippen LogP contribution is -2.40. The van der Waals surface area contributed by atoms with E-state index in [4.69, 9.17) is 16.7 Å². The molecule has 0 spiro atoms. The molecule has 0 atom stereocenters. The molecule has 7 nitrogen and oxygen atoms in total. The molecule has 3 rings (SSSR count). The lowest BCUT2D eigenvalue weighted by atomic mass is 9.96. The molecule has 0 bridgehead atoms. The maximum Gasteiger partial charge on any atom is 0.306 e. The fourth-order valence-electron chi connectivity index (χ4n) is 2.91. The van der Waals surface area contributed by atoms with Crippen LogP contribution in [0.1, 0.15) is 33.7 Å². The Hall–Kier alpha value is -2.93. The first-order valence-electron chi connectivity index (χ1n) is 8.49. The number of aromatic nitrogens is 1. The van der Waals surface area contributed by atoms with Crippen LogP contribution in [0.25, 0.3) is 0 Å². The molecule has 1 aromatic heterocycles. The number of piperidine rings is 1. The maximum atomic E-state index is 12.5. The zero-order valence-corrected chi connectivity index (χ0v) is 15.1. The summed E-state index contributed by atoms with van der Waals surface area (Å²) in [5.74, 6) is -1.71. The van der Waals surface area contributed by atoms with Crippen molar-refractivity contribution >= 4 is 35.1 Å². The van der Waals surface area contributed by atoms with E-state index in [1.807, 2.05) is 0 Å². The van der Waals surface area contributed by atoms with Crippen LogP contribution in [0.4, 0.5) is 5.69 Å². The van der Waals surface area contributed by atoms with Crippen molar-refractivity contribution in [2.24, 2.45) is 5.92 Å². The molecule has 8 heteroatoms. The van der Waals surface area contributed by atoms with E-state index in [1.54, 1.807) is 35.2 Å². The summed E-state index contributed by atoms with van der Waals surface area (Å²) in [6, 6.07) is 9.66. The quantitative estimate of drug-likeness (QED) is 0.840. The summed E-state index contributed by atoms with van der Waals surface area (Å²) in [5.41, 5.74) is 1.27. The van der Waals surface area contributed by atoms with E-state index in [-0.39, 0.29) is 23.4 Å². The zero-order chi connectivity index (χ0) is 19.4. The number of carboxylic acid groups (broad SMARTS) is 1. The number of halogens is 1. The summed E-state index contributed by atoms with van der Waals surface area (Å²) in [7, 11) is 0. The number of nitrogens with one attached hydrogen (secondary N) is 1. The molecule has 140 valence electrons. The Morgan fingerprint density at radius 3 is 2.30 bits per heavy atom. The Bertz CT molecular complexity index is 844. The van der Waals surface area contributed by atoms with Gasteiger partial charge in [-0.2, -0.15) is 0 Å². The standard InChI is InChI=1S/C19H18ClN3O4/c20-14-3-6-16(21-11-14)17(24)22-15-4-1-12(2-5-15)18(25)23-9-7-13(8-10-23)19(26)27/h1-6,11,13H,7-10H2,(H,22,24)(H,26,27). The number of amides is 2. The number of rotatable bonds is 4. The largest absolute Gasteiger partial charge is 0.481 e. The number of nitrogens with zero attached hydrogens (tertiary/aromatic N) is 2. The van der Waals surface area contributed by atoms with Crippen molar-refractivity contribution < 1.29 is 19.5 Å². The van der Waals surface area contributed by atoms with Crippen LogP contribution in [0, 0.1) is 5.92 Å². The molecule has 1 saturated heterocycles. The monoisotopic (exact) mass is 387 g/mol. The van der Waals surface area contributed by atoms with E-state index in [2.05, 4.69) is 10.3 Å². The summed E-state index contributed by atoms with van der Waals surface area (Å²) in [5, 5.41) is 12.2. The van der Waals surface area contributed by atoms with Crippen LogP contribution < -0.4 is 5.32 Å². The van der Waals surface area contributed by atoms with Crippen LogP contribution in [0.5, 0.6) is 0 Å². The average molecular weight is 388 g/mol. The van der Waals surface area contributed by atoms with Gasteiger partial charge in [-0.05, 0) is 49.2 Å². The molecule has 0 saturated carbocycles. The molecular weight excluding hydrogens is 370 g/mol. The molecular formula is C19H18ClN3O4. The summed E-state index contributed by atoms with van der Waals surface area (Å²) in [4.78, 5) is 41.3. The van der Waals surface area contributed by atoms with Gasteiger partial charge in [-0.25, -0.2) is 4.98 Å². The minimum absolute atomic E-state index is 0.143. The third-order valence-electron chi connectivity index (χ3n) is 4.48. The Morgan fingerprint density at radius 2 is 1.74 bits per heavy atom. The van der Waals surface area contributed by atoms with Crippen molar-refractivity contribution in [2.75, 3.05) is 18.4 Å². The van der Waals surface area contributed by atoms with Crippen molar-refractivity contribution in [1.82, 2.24) is 9.88 Å². The third-order valence-corrected chi connectivity index (χ3v) is 4.70. The fourth-order valence-corrected chi connectivity index (χ4v) is 3.03. The Balaban J connectivity index is 1.60. The first kappa shape index (κ1) is 18.8. The Morgan fingerprint density at radius 1 is 1.07 bits per heavy atom. The third kappa shape index (κ3) is 4.62. The second-order valence-corrected chi connectivity index (χ2v) is 6.73. The number of likely N-dealkylation sites (tertiary alicyclic amines) is 1. The summed E-state index contributed by atoms with van der Waals surface area (Å²) in [6.07, 6.45) is 2.32. The van der Waals surface area contributed by atoms with E-state index in [0.29, 0.717) is 42.2 Å².